The molecule has 0 aliphatic rings. The van der Waals surface area contributed by atoms with E-state index < -0.39 is 10.0 Å². The summed E-state index contributed by atoms with van der Waals surface area (Å²) in [4.78, 5) is 4.60. The molecule has 0 spiro atoms. The van der Waals surface area contributed by atoms with Gasteiger partial charge in [-0.3, -0.25) is 0 Å². The van der Waals surface area contributed by atoms with E-state index in [0.717, 1.165) is 42.5 Å². The molecule has 0 fully saturated rings. The zero-order chi connectivity index (χ0) is 19.4. The molecule has 1 aromatic carbocycles. The molecule has 0 heterocycles. The number of sulfonamides is 1. The number of unbranched alkanes of at least 4 members (excludes halogenated alkanes) is 1. The van der Waals surface area contributed by atoms with E-state index in [0.29, 0.717) is 6.54 Å². The molecular weight excluding hydrogens is 475 g/mol. The first-order chi connectivity index (χ1) is 12.4. The van der Waals surface area contributed by atoms with Crippen molar-refractivity contribution in [1.82, 2.24) is 15.4 Å². The van der Waals surface area contributed by atoms with Gasteiger partial charge in [0, 0.05) is 13.1 Å². The van der Waals surface area contributed by atoms with E-state index in [4.69, 9.17) is 0 Å². The summed E-state index contributed by atoms with van der Waals surface area (Å²) in [6, 6.07) is 7.53. The summed E-state index contributed by atoms with van der Waals surface area (Å²) in [6.07, 6.45) is 3.61. The zero-order valence-corrected chi connectivity index (χ0v) is 20.1. The average Bonchev–Trinajstić information content (AvgIpc) is 2.60. The Morgan fingerprint density at radius 1 is 1.07 bits per heavy atom. The highest BCUT2D eigenvalue weighted by Gasteiger charge is 2.08. The summed E-state index contributed by atoms with van der Waals surface area (Å²) in [5, 5.41) is 6.62. The minimum absolute atomic E-state index is 0. The van der Waals surface area contributed by atoms with Gasteiger partial charge >= 0.3 is 0 Å². The first-order valence-electron chi connectivity index (χ1n) is 9.37. The quantitative estimate of drug-likeness (QED) is 0.185. The maximum atomic E-state index is 11.6. The number of aliphatic imine (C=N–C) groups is 1. The van der Waals surface area contributed by atoms with Crippen molar-refractivity contribution >= 4 is 40.0 Å². The van der Waals surface area contributed by atoms with Crippen LogP contribution in [0.25, 0.3) is 0 Å². The highest BCUT2D eigenvalue weighted by molar-refractivity contribution is 14.0. The van der Waals surface area contributed by atoms with Crippen LogP contribution in [0, 0.1) is 5.92 Å². The minimum Gasteiger partial charge on any atom is -0.357 e. The molecule has 0 amide bonds. The molecular formula is C19H35IN4O2S. The zero-order valence-electron chi connectivity index (χ0n) is 16.9. The Balaban J connectivity index is 0.00000676. The van der Waals surface area contributed by atoms with Crippen LogP contribution in [-0.4, -0.2) is 34.5 Å². The van der Waals surface area contributed by atoms with Gasteiger partial charge < -0.3 is 10.6 Å². The third kappa shape index (κ3) is 12.2. The summed E-state index contributed by atoms with van der Waals surface area (Å²) in [5.74, 6) is 1.56. The predicted octanol–water partition coefficient (Wildman–Crippen LogP) is 3.24. The van der Waals surface area contributed by atoms with Gasteiger partial charge in [0.15, 0.2) is 5.96 Å². The highest BCUT2D eigenvalue weighted by Crippen LogP contribution is 2.09. The molecule has 3 N–H and O–H groups in total. The molecule has 1 aromatic rings. The molecule has 0 radical (unpaired) electrons. The smallest absolute Gasteiger partial charge is 0.215 e. The molecule has 0 unspecified atom stereocenters. The van der Waals surface area contributed by atoms with Crippen molar-refractivity contribution in [2.75, 3.05) is 20.1 Å². The second-order valence-corrected chi connectivity index (χ2v) is 8.72. The second-order valence-electron chi connectivity index (χ2n) is 6.79. The first-order valence-corrected chi connectivity index (χ1v) is 11.0. The Labute approximate surface area is 182 Å². The fourth-order valence-electron chi connectivity index (χ4n) is 2.43. The van der Waals surface area contributed by atoms with Crippen LogP contribution in [0.2, 0.25) is 0 Å². The third-order valence-electron chi connectivity index (χ3n) is 3.96. The number of rotatable bonds is 11. The average molecular weight is 510 g/mol. The minimum atomic E-state index is -3.24. The van der Waals surface area contributed by atoms with Crippen molar-refractivity contribution in [3.8, 4) is 0 Å². The van der Waals surface area contributed by atoms with Crippen molar-refractivity contribution < 1.29 is 8.42 Å². The Hall–Kier alpha value is -0.870. The van der Waals surface area contributed by atoms with Gasteiger partial charge in [-0.15, -0.1) is 24.0 Å². The van der Waals surface area contributed by atoms with Gasteiger partial charge in [-0.1, -0.05) is 51.0 Å². The fraction of sp³-hybridized carbons (Fsp3) is 0.632. The van der Waals surface area contributed by atoms with E-state index in [9.17, 15) is 8.42 Å². The molecule has 0 bridgehead atoms. The molecule has 156 valence electrons. The van der Waals surface area contributed by atoms with Crippen molar-refractivity contribution in [3.63, 3.8) is 0 Å². The van der Waals surface area contributed by atoms with Crippen LogP contribution in [-0.2, 0) is 22.3 Å². The van der Waals surface area contributed by atoms with Gasteiger partial charge in [-0.05, 0) is 37.4 Å². The molecule has 0 aromatic heterocycles. The molecule has 6 nitrogen and oxygen atoms in total. The normalized spacial score (nSPS) is 12.0. The van der Waals surface area contributed by atoms with Gasteiger partial charge in [0.05, 0.1) is 12.3 Å². The van der Waals surface area contributed by atoms with Crippen LogP contribution in [0.1, 0.15) is 51.2 Å². The number of benzene rings is 1. The monoisotopic (exact) mass is 510 g/mol. The van der Waals surface area contributed by atoms with Gasteiger partial charge in [0.25, 0.3) is 0 Å². The van der Waals surface area contributed by atoms with Gasteiger partial charge in [0.2, 0.25) is 10.0 Å². The molecule has 0 atom stereocenters. The van der Waals surface area contributed by atoms with Crippen LogP contribution >= 0.6 is 24.0 Å². The van der Waals surface area contributed by atoms with Crippen LogP contribution in [0.5, 0.6) is 0 Å². The van der Waals surface area contributed by atoms with E-state index in [-0.39, 0.29) is 29.7 Å². The van der Waals surface area contributed by atoms with Crippen LogP contribution in [0.3, 0.4) is 0 Å². The standard InChI is InChI=1S/C19H34N4O2S.HI/c1-5-21-19(22-13-7-6-8-16(2)3)23-14-17-9-11-18(12-10-17)15-26(24,25)20-4;/h9-12,16,20H,5-8,13-15H2,1-4H3,(H2,21,22,23);1H. The van der Waals surface area contributed by atoms with E-state index in [1.54, 1.807) is 0 Å². The lowest BCUT2D eigenvalue weighted by Crippen LogP contribution is -2.37. The molecule has 0 aliphatic heterocycles. The van der Waals surface area contributed by atoms with Gasteiger partial charge in [-0.2, -0.15) is 0 Å². The molecule has 1 rings (SSSR count). The Morgan fingerprint density at radius 2 is 1.70 bits per heavy atom. The summed E-state index contributed by atoms with van der Waals surface area (Å²) in [6.45, 7) is 8.84. The van der Waals surface area contributed by atoms with Gasteiger partial charge in [-0.25, -0.2) is 18.1 Å². The van der Waals surface area contributed by atoms with Crippen molar-refractivity contribution in [1.29, 1.82) is 0 Å². The van der Waals surface area contributed by atoms with E-state index in [2.05, 4.69) is 34.2 Å². The molecule has 0 saturated carbocycles. The Bertz CT molecular complexity index is 646. The predicted molar refractivity (Wildman–Crippen MR) is 125 cm³/mol. The lowest BCUT2D eigenvalue weighted by atomic mass is 10.1. The number of halogens is 1. The maximum Gasteiger partial charge on any atom is 0.215 e. The Kier molecular flexibility index (Phi) is 13.7. The first kappa shape index (κ1) is 26.1. The van der Waals surface area contributed by atoms with E-state index >= 15 is 0 Å². The largest absolute Gasteiger partial charge is 0.357 e. The molecule has 0 aliphatic carbocycles. The number of hydrogen-bond donors (Lipinski definition) is 3. The summed E-state index contributed by atoms with van der Waals surface area (Å²) >= 11 is 0. The van der Waals surface area contributed by atoms with Crippen molar-refractivity contribution in [2.24, 2.45) is 10.9 Å². The Morgan fingerprint density at radius 3 is 2.26 bits per heavy atom. The molecule has 0 saturated heterocycles. The van der Waals surface area contributed by atoms with E-state index in [1.165, 1.54) is 19.9 Å². The summed E-state index contributed by atoms with van der Waals surface area (Å²) in [5.41, 5.74) is 1.81. The third-order valence-corrected chi connectivity index (χ3v) is 5.29. The van der Waals surface area contributed by atoms with Crippen LogP contribution in [0.15, 0.2) is 29.3 Å². The number of guanidine groups is 1. The fourth-order valence-corrected chi connectivity index (χ4v) is 3.20. The number of nitrogens with zero attached hydrogens (tertiary/aromatic N) is 1. The summed E-state index contributed by atoms with van der Waals surface area (Å²) in [7, 11) is -1.81. The molecule has 8 heteroatoms. The van der Waals surface area contributed by atoms with E-state index in [1.807, 2.05) is 31.2 Å². The second kappa shape index (κ2) is 14.2. The van der Waals surface area contributed by atoms with Crippen LogP contribution < -0.4 is 15.4 Å². The SMILES string of the molecule is CCNC(=NCc1ccc(CS(=O)(=O)NC)cc1)NCCCCC(C)C.I. The van der Waals surface area contributed by atoms with Crippen molar-refractivity contribution in [2.45, 2.75) is 52.3 Å². The highest BCUT2D eigenvalue weighted by atomic mass is 127. The van der Waals surface area contributed by atoms with Crippen molar-refractivity contribution in [3.05, 3.63) is 35.4 Å². The van der Waals surface area contributed by atoms with Gasteiger partial charge in [0.1, 0.15) is 0 Å². The lowest BCUT2D eigenvalue weighted by molar-refractivity contribution is 0.534. The maximum absolute atomic E-state index is 11.6. The van der Waals surface area contributed by atoms with Crippen LogP contribution in [0.4, 0.5) is 0 Å². The number of nitrogens with one attached hydrogen (secondary N) is 3. The lowest BCUT2D eigenvalue weighted by Gasteiger charge is -2.12. The number of hydrogen-bond acceptors (Lipinski definition) is 3. The summed E-state index contributed by atoms with van der Waals surface area (Å²) < 4.78 is 25.5. The topological polar surface area (TPSA) is 82.6 Å². The molecule has 27 heavy (non-hydrogen) atoms.